The maximum Gasteiger partial charge on any atom is 0.322 e. The zero-order valence-corrected chi connectivity index (χ0v) is 14.4. The van der Waals surface area contributed by atoms with E-state index in [1.54, 1.807) is 19.2 Å². The summed E-state index contributed by atoms with van der Waals surface area (Å²) < 4.78 is 18.8. The van der Waals surface area contributed by atoms with Gasteiger partial charge in [0.1, 0.15) is 11.6 Å². The Kier molecular flexibility index (Phi) is 5.53. The molecule has 0 aromatic heterocycles. The smallest absolute Gasteiger partial charge is 0.322 e. The number of benzene rings is 2. The lowest BCUT2D eigenvalue weighted by molar-refractivity contribution is 0.189. The summed E-state index contributed by atoms with van der Waals surface area (Å²) in [6, 6.07) is 13.6. The summed E-state index contributed by atoms with van der Waals surface area (Å²) in [5.41, 5.74) is 1.54. The van der Waals surface area contributed by atoms with Crippen molar-refractivity contribution in [3.8, 4) is 5.75 Å². The fourth-order valence-electron chi connectivity index (χ4n) is 3.31. The van der Waals surface area contributed by atoms with Gasteiger partial charge in [0.05, 0.1) is 13.2 Å². The molecule has 1 heterocycles. The van der Waals surface area contributed by atoms with Crippen LogP contribution in [0.2, 0.25) is 0 Å². The first-order valence-electron chi connectivity index (χ1n) is 8.64. The molecule has 0 bridgehead atoms. The maximum atomic E-state index is 13.6. The molecule has 0 saturated carbocycles. The Morgan fingerprint density at radius 1 is 1.16 bits per heavy atom. The zero-order chi connectivity index (χ0) is 17.6. The lowest BCUT2D eigenvalue weighted by atomic mass is 10.0. The molecule has 3 rings (SSSR count). The Morgan fingerprint density at radius 3 is 2.80 bits per heavy atom. The normalized spacial score (nSPS) is 17.7. The van der Waals surface area contributed by atoms with Crippen molar-refractivity contribution in [2.24, 2.45) is 0 Å². The van der Waals surface area contributed by atoms with Gasteiger partial charge in [-0.05, 0) is 42.7 Å². The van der Waals surface area contributed by atoms with Crippen molar-refractivity contribution in [3.05, 3.63) is 59.9 Å². The highest BCUT2D eigenvalue weighted by Gasteiger charge is 2.27. The number of nitrogens with zero attached hydrogens (tertiary/aromatic N) is 1. The van der Waals surface area contributed by atoms with Crippen molar-refractivity contribution in [3.63, 3.8) is 0 Å². The van der Waals surface area contributed by atoms with Crippen LogP contribution < -0.4 is 10.1 Å². The first-order chi connectivity index (χ1) is 12.2. The van der Waals surface area contributed by atoms with Gasteiger partial charge in [-0.1, -0.05) is 31.0 Å². The topological polar surface area (TPSA) is 41.6 Å². The number of ether oxygens (including phenoxy) is 1. The van der Waals surface area contributed by atoms with Gasteiger partial charge in [-0.3, -0.25) is 0 Å². The number of nitrogens with one attached hydrogen (secondary N) is 1. The molecule has 1 atom stereocenters. The molecule has 1 aliphatic heterocycles. The van der Waals surface area contributed by atoms with Gasteiger partial charge in [-0.25, -0.2) is 9.18 Å². The Labute approximate surface area is 147 Å². The number of hydrogen-bond acceptors (Lipinski definition) is 2. The van der Waals surface area contributed by atoms with E-state index in [2.05, 4.69) is 5.32 Å². The van der Waals surface area contributed by atoms with Crippen molar-refractivity contribution < 1.29 is 13.9 Å². The third-order valence-corrected chi connectivity index (χ3v) is 4.57. The molecular weight excluding hydrogens is 319 g/mol. The second kappa shape index (κ2) is 8.01. The molecule has 2 aromatic rings. The summed E-state index contributed by atoms with van der Waals surface area (Å²) in [5, 5.41) is 2.94. The van der Waals surface area contributed by atoms with Crippen LogP contribution in [0.15, 0.2) is 48.5 Å². The minimum atomic E-state index is -0.269. The zero-order valence-electron chi connectivity index (χ0n) is 14.4. The Morgan fingerprint density at radius 2 is 2.00 bits per heavy atom. The summed E-state index contributed by atoms with van der Waals surface area (Å²) in [5.74, 6) is 0.422. The van der Waals surface area contributed by atoms with E-state index in [-0.39, 0.29) is 17.9 Å². The maximum absolute atomic E-state index is 13.6. The number of anilines is 1. The van der Waals surface area contributed by atoms with Crippen LogP contribution in [0.3, 0.4) is 0 Å². The number of carbonyl (C=O) groups excluding carboxylic acids is 1. The Bertz CT molecular complexity index is 735. The van der Waals surface area contributed by atoms with Crippen molar-refractivity contribution in [1.29, 1.82) is 0 Å². The third-order valence-electron chi connectivity index (χ3n) is 4.57. The molecule has 1 N–H and O–H groups in total. The molecule has 2 amide bonds. The predicted molar refractivity (Wildman–Crippen MR) is 96.3 cm³/mol. The molecule has 0 spiro atoms. The lowest BCUT2D eigenvalue weighted by Gasteiger charge is -2.30. The molecule has 1 fully saturated rings. The highest BCUT2D eigenvalue weighted by molar-refractivity contribution is 5.89. The Hall–Kier alpha value is -2.56. The van der Waals surface area contributed by atoms with E-state index in [1.165, 1.54) is 12.1 Å². The number of carbonyl (C=O) groups is 1. The van der Waals surface area contributed by atoms with Crippen LogP contribution in [-0.4, -0.2) is 24.6 Å². The third kappa shape index (κ3) is 4.29. The molecule has 1 saturated heterocycles. The molecule has 4 nitrogen and oxygen atoms in total. The van der Waals surface area contributed by atoms with Gasteiger partial charge in [0.25, 0.3) is 0 Å². The van der Waals surface area contributed by atoms with Gasteiger partial charge in [0.15, 0.2) is 0 Å². The Balaban J connectivity index is 1.81. The van der Waals surface area contributed by atoms with E-state index in [0.29, 0.717) is 18.0 Å². The fourth-order valence-corrected chi connectivity index (χ4v) is 3.31. The highest BCUT2D eigenvalue weighted by Crippen LogP contribution is 2.31. The summed E-state index contributed by atoms with van der Waals surface area (Å²) in [4.78, 5) is 14.7. The van der Waals surface area contributed by atoms with Crippen LogP contribution >= 0.6 is 0 Å². The summed E-state index contributed by atoms with van der Waals surface area (Å²) >= 11 is 0. The average Bonchev–Trinajstić information content (AvgIpc) is 2.88. The summed E-state index contributed by atoms with van der Waals surface area (Å²) in [6.45, 7) is 0.664. The molecule has 5 heteroatoms. The van der Waals surface area contributed by atoms with E-state index in [9.17, 15) is 9.18 Å². The molecule has 0 unspecified atom stereocenters. The van der Waals surface area contributed by atoms with E-state index in [4.69, 9.17) is 4.74 Å². The summed E-state index contributed by atoms with van der Waals surface area (Å²) in [6.07, 6.45) is 3.91. The van der Waals surface area contributed by atoms with Crippen LogP contribution in [0.4, 0.5) is 14.9 Å². The van der Waals surface area contributed by atoms with Crippen LogP contribution in [0.1, 0.15) is 37.3 Å². The van der Waals surface area contributed by atoms with Gasteiger partial charge in [0, 0.05) is 18.3 Å². The van der Waals surface area contributed by atoms with Crippen LogP contribution in [-0.2, 0) is 0 Å². The predicted octanol–water partition coefficient (Wildman–Crippen LogP) is 4.98. The SMILES string of the molecule is COc1cccc(NC(=O)N2CCCCC[C@H]2c2cccc(F)c2)c1. The fraction of sp³-hybridized carbons (Fsp3) is 0.350. The number of methoxy groups -OCH3 is 1. The number of halogens is 1. The molecule has 25 heavy (non-hydrogen) atoms. The van der Waals surface area contributed by atoms with E-state index in [0.717, 1.165) is 31.2 Å². The number of urea groups is 1. The second-order valence-corrected chi connectivity index (χ2v) is 6.28. The van der Waals surface area contributed by atoms with Gasteiger partial charge in [0.2, 0.25) is 0 Å². The summed E-state index contributed by atoms with van der Waals surface area (Å²) in [7, 11) is 1.59. The van der Waals surface area contributed by atoms with Crippen molar-refractivity contribution in [1.82, 2.24) is 4.90 Å². The lowest BCUT2D eigenvalue weighted by Crippen LogP contribution is -2.38. The molecule has 0 aliphatic carbocycles. The average molecular weight is 342 g/mol. The minimum Gasteiger partial charge on any atom is -0.497 e. The van der Waals surface area contributed by atoms with Crippen LogP contribution in [0.5, 0.6) is 5.75 Å². The molecule has 132 valence electrons. The van der Waals surface area contributed by atoms with E-state index >= 15 is 0 Å². The first-order valence-corrected chi connectivity index (χ1v) is 8.64. The molecular formula is C20H23FN2O2. The van der Waals surface area contributed by atoms with E-state index in [1.807, 2.05) is 29.2 Å². The van der Waals surface area contributed by atoms with Gasteiger partial charge < -0.3 is 15.0 Å². The van der Waals surface area contributed by atoms with Crippen molar-refractivity contribution >= 4 is 11.7 Å². The van der Waals surface area contributed by atoms with Crippen molar-refractivity contribution in [2.75, 3.05) is 19.0 Å². The van der Waals surface area contributed by atoms with Crippen molar-refractivity contribution in [2.45, 2.75) is 31.7 Å². The first kappa shape index (κ1) is 17.3. The van der Waals surface area contributed by atoms with Gasteiger partial charge in [-0.2, -0.15) is 0 Å². The standard InChI is InChI=1S/C20H23FN2O2/c1-25-18-10-6-9-17(14-18)22-20(24)23-12-4-2-3-11-19(23)15-7-5-8-16(21)13-15/h5-10,13-14,19H,2-4,11-12H2,1H3,(H,22,24)/t19-/m0/s1. The van der Waals surface area contributed by atoms with Gasteiger partial charge >= 0.3 is 6.03 Å². The van der Waals surface area contributed by atoms with Crippen LogP contribution in [0, 0.1) is 5.82 Å². The highest BCUT2D eigenvalue weighted by atomic mass is 19.1. The minimum absolute atomic E-state index is 0.108. The monoisotopic (exact) mass is 342 g/mol. The number of rotatable bonds is 3. The van der Waals surface area contributed by atoms with Crippen LogP contribution in [0.25, 0.3) is 0 Å². The molecule has 1 aliphatic rings. The number of likely N-dealkylation sites (tertiary alicyclic amines) is 1. The van der Waals surface area contributed by atoms with Gasteiger partial charge in [-0.15, -0.1) is 0 Å². The second-order valence-electron chi connectivity index (χ2n) is 6.28. The number of hydrogen-bond donors (Lipinski definition) is 1. The number of amides is 2. The van der Waals surface area contributed by atoms with E-state index < -0.39 is 0 Å². The largest absolute Gasteiger partial charge is 0.497 e. The quantitative estimate of drug-likeness (QED) is 0.854. The molecule has 2 aromatic carbocycles. The molecule has 0 radical (unpaired) electrons.